The number of pyridine rings is 2. The van der Waals surface area contributed by atoms with Gasteiger partial charge in [-0.15, -0.1) is 41.5 Å². The van der Waals surface area contributed by atoms with Crippen LogP contribution in [-0.2, 0) is 32.6 Å². The van der Waals surface area contributed by atoms with Crippen molar-refractivity contribution in [2.75, 3.05) is 4.90 Å². The average Bonchev–Trinajstić information content (AvgIpc) is 3.46. The van der Waals surface area contributed by atoms with E-state index in [4.69, 9.17) is 4.74 Å². The number of anilines is 3. The Morgan fingerprint density at radius 3 is 2.06 bits per heavy atom. The number of rotatable bonds is 3. The number of hydrogen-bond acceptors (Lipinski definition) is 4. The van der Waals surface area contributed by atoms with E-state index in [1.165, 1.54) is 27.4 Å². The molecule has 0 aliphatic carbocycles. The second kappa shape index (κ2) is 14.0. The van der Waals surface area contributed by atoms with Crippen molar-refractivity contribution in [1.29, 1.82) is 0 Å². The van der Waals surface area contributed by atoms with Gasteiger partial charge in [-0.25, -0.2) is 0 Å². The van der Waals surface area contributed by atoms with Gasteiger partial charge in [0.05, 0.1) is 11.4 Å². The Kier molecular flexibility index (Phi) is 9.31. The van der Waals surface area contributed by atoms with Gasteiger partial charge in [0.2, 0.25) is 0 Å². The molecule has 0 saturated carbocycles. The monoisotopic (exact) mass is 841 g/mol. The number of aryl methyl sites for hydroxylation is 1. The van der Waals surface area contributed by atoms with Crippen LogP contribution in [0.1, 0.15) is 26.3 Å². The normalized spacial score (nSPS) is 11.9. The molecule has 1 aliphatic heterocycles. The van der Waals surface area contributed by atoms with Crippen LogP contribution < -0.4 is 9.64 Å². The molecule has 1 radical (unpaired) electrons. The molecule has 0 amide bonds. The minimum absolute atomic E-state index is 0. The number of nitrogens with zero attached hydrogens (tertiary/aromatic N) is 4. The SMILES string of the molecule is CC(C)(C)c1ccc(N2c3ccc(-c4ccccn4)[c-]c3Oc3ccccc32)cc1.Cn1c2ccccc2c2cc[c-]c(-c3ccccn3)c21.[Ir]. The standard InChI is InChI=1S/C27H23N2O.C18H13N2.Ir/c1-27(2,3)20-12-14-21(15-13-20)29-23-9-4-5-10-25(23)30-26-18-19(11-16-24(26)29)22-8-6-7-17-28-22;1-20-17-11-3-2-7-13(17)14-8-6-9-15(18(14)20)16-10-4-5-12-19-16;/h4-17H,1-3H3;2-8,10-12H,1H3;/q2*-1;. The van der Waals surface area contributed by atoms with Crippen LogP contribution in [0, 0.1) is 12.1 Å². The average molecular weight is 841 g/mol. The Morgan fingerprint density at radius 2 is 1.33 bits per heavy atom. The van der Waals surface area contributed by atoms with E-state index >= 15 is 0 Å². The van der Waals surface area contributed by atoms with Gasteiger partial charge in [0, 0.05) is 56.4 Å². The van der Waals surface area contributed by atoms with Crippen LogP contribution in [0.4, 0.5) is 17.1 Å². The van der Waals surface area contributed by atoms with E-state index in [0.29, 0.717) is 5.75 Å². The maximum absolute atomic E-state index is 6.24. The molecule has 51 heavy (non-hydrogen) atoms. The molecule has 5 nitrogen and oxygen atoms in total. The Bertz CT molecular complexity index is 2450. The quantitative estimate of drug-likeness (QED) is 0.166. The first kappa shape index (κ1) is 33.9. The summed E-state index contributed by atoms with van der Waals surface area (Å²) in [5.74, 6) is 1.52. The molecule has 8 aromatic rings. The van der Waals surface area contributed by atoms with Crippen LogP contribution in [0.3, 0.4) is 0 Å². The van der Waals surface area contributed by atoms with Crippen LogP contribution in [0.15, 0.2) is 146 Å². The first-order chi connectivity index (χ1) is 24.4. The van der Waals surface area contributed by atoms with Gasteiger partial charge in [-0.3, -0.25) is 0 Å². The zero-order valence-corrected chi connectivity index (χ0v) is 31.3. The Morgan fingerprint density at radius 1 is 0.647 bits per heavy atom. The molecular formula is C45H36IrN4O-2. The predicted molar refractivity (Wildman–Crippen MR) is 204 cm³/mol. The summed E-state index contributed by atoms with van der Waals surface area (Å²) < 4.78 is 8.47. The van der Waals surface area contributed by atoms with Crippen LogP contribution in [-0.4, -0.2) is 14.5 Å². The summed E-state index contributed by atoms with van der Waals surface area (Å²) in [6.45, 7) is 6.69. The second-order valence-electron chi connectivity index (χ2n) is 13.4. The van der Waals surface area contributed by atoms with Gasteiger partial charge in [0.25, 0.3) is 0 Å². The third-order valence-electron chi connectivity index (χ3n) is 9.16. The smallest absolute Gasteiger partial charge is 0.148 e. The summed E-state index contributed by atoms with van der Waals surface area (Å²) in [5.41, 5.74) is 10.7. The predicted octanol–water partition coefficient (Wildman–Crippen LogP) is 11.6. The van der Waals surface area contributed by atoms with Crippen LogP contribution >= 0.6 is 0 Å². The van der Waals surface area contributed by atoms with Crippen molar-refractivity contribution >= 4 is 38.9 Å². The van der Waals surface area contributed by atoms with Crippen molar-refractivity contribution in [3.8, 4) is 34.0 Å². The van der Waals surface area contributed by atoms with Crippen LogP contribution in [0.2, 0.25) is 0 Å². The third kappa shape index (κ3) is 6.45. The number of benzene rings is 5. The topological polar surface area (TPSA) is 43.2 Å². The Hall–Kier alpha value is -5.55. The molecular weight excluding hydrogens is 805 g/mol. The van der Waals surface area contributed by atoms with Crippen molar-refractivity contribution < 1.29 is 24.8 Å². The first-order valence-electron chi connectivity index (χ1n) is 16.8. The van der Waals surface area contributed by atoms with Crippen molar-refractivity contribution in [3.63, 3.8) is 0 Å². The number of fused-ring (bicyclic) bond motifs is 5. The summed E-state index contributed by atoms with van der Waals surface area (Å²) >= 11 is 0. The fraction of sp³-hybridized carbons (Fsp3) is 0.111. The molecule has 4 heterocycles. The zero-order valence-electron chi connectivity index (χ0n) is 28.9. The van der Waals surface area contributed by atoms with E-state index < -0.39 is 0 Å². The first-order valence-corrected chi connectivity index (χ1v) is 16.8. The Labute approximate surface area is 312 Å². The molecule has 0 saturated heterocycles. The molecule has 9 rings (SSSR count). The van der Waals surface area contributed by atoms with Gasteiger partial charge in [-0.2, -0.15) is 0 Å². The molecule has 0 bridgehead atoms. The van der Waals surface area contributed by atoms with E-state index in [2.05, 4.69) is 132 Å². The minimum Gasteiger partial charge on any atom is -0.473 e. The largest absolute Gasteiger partial charge is 0.473 e. The molecule has 0 atom stereocenters. The molecule has 5 aromatic carbocycles. The van der Waals surface area contributed by atoms with Crippen LogP contribution in [0.25, 0.3) is 44.3 Å². The third-order valence-corrected chi connectivity index (χ3v) is 9.16. The van der Waals surface area contributed by atoms with Crippen molar-refractivity contribution in [3.05, 3.63) is 164 Å². The van der Waals surface area contributed by atoms with E-state index in [1.54, 1.807) is 6.20 Å². The maximum atomic E-state index is 6.24. The minimum atomic E-state index is 0. The Balaban J connectivity index is 0.000000168. The molecule has 0 unspecified atom stereocenters. The summed E-state index contributed by atoms with van der Waals surface area (Å²) in [6, 6.07) is 52.2. The molecule has 0 N–H and O–H groups in total. The van der Waals surface area contributed by atoms with Crippen LogP contribution in [0.5, 0.6) is 11.5 Å². The van der Waals surface area contributed by atoms with Crippen molar-refractivity contribution in [1.82, 2.24) is 14.5 Å². The van der Waals surface area contributed by atoms with Gasteiger partial charge >= 0.3 is 0 Å². The number of para-hydroxylation sites is 3. The number of ether oxygens (including phenoxy) is 1. The van der Waals surface area contributed by atoms with Crippen molar-refractivity contribution in [2.24, 2.45) is 7.05 Å². The maximum Gasteiger partial charge on any atom is 0.148 e. The molecule has 3 aromatic heterocycles. The van der Waals surface area contributed by atoms with E-state index in [0.717, 1.165) is 45.3 Å². The zero-order chi connectivity index (χ0) is 34.2. The summed E-state index contributed by atoms with van der Waals surface area (Å²) in [4.78, 5) is 11.2. The molecule has 0 fully saturated rings. The van der Waals surface area contributed by atoms with E-state index in [-0.39, 0.29) is 25.5 Å². The number of aromatic nitrogens is 3. The van der Waals surface area contributed by atoms with Gasteiger partial charge < -0.3 is 24.2 Å². The van der Waals surface area contributed by atoms with E-state index in [1.807, 2.05) is 66.9 Å². The summed E-state index contributed by atoms with van der Waals surface area (Å²) in [7, 11) is 2.10. The van der Waals surface area contributed by atoms with Gasteiger partial charge in [0.1, 0.15) is 5.75 Å². The molecule has 0 spiro atoms. The number of hydrogen-bond donors (Lipinski definition) is 0. The van der Waals surface area contributed by atoms with Gasteiger partial charge in [0.15, 0.2) is 0 Å². The molecule has 1 aliphatic rings. The fourth-order valence-electron chi connectivity index (χ4n) is 6.62. The fourth-order valence-corrected chi connectivity index (χ4v) is 6.62. The van der Waals surface area contributed by atoms with Gasteiger partial charge in [-0.1, -0.05) is 99.0 Å². The summed E-state index contributed by atoms with van der Waals surface area (Å²) in [6.07, 6.45) is 3.62. The second-order valence-corrected chi connectivity index (χ2v) is 13.4. The van der Waals surface area contributed by atoms with Gasteiger partial charge in [-0.05, 0) is 75.7 Å². The van der Waals surface area contributed by atoms with E-state index in [9.17, 15) is 0 Å². The molecule has 253 valence electrons. The summed E-state index contributed by atoms with van der Waals surface area (Å²) in [5, 5.41) is 2.53. The van der Waals surface area contributed by atoms with Crippen molar-refractivity contribution in [2.45, 2.75) is 26.2 Å². The molecule has 6 heteroatoms.